The van der Waals surface area contributed by atoms with Crippen molar-refractivity contribution < 1.29 is 14.5 Å². The third-order valence-electron chi connectivity index (χ3n) is 3.71. The molecule has 0 aliphatic rings. The van der Waals surface area contributed by atoms with Gasteiger partial charge in [0.1, 0.15) is 11.9 Å². The van der Waals surface area contributed by atoms with Crippen LogP contribution in [0.5, 0.6) is 0 Å². The molecule has 3 nitrogen and oxygen atoms in total. The fourth-order valence-corrected chi connectivity index (χ4v) is 2.52. The van der Waals surface area contributed by atoms with Crippen molar-refractivity contribution in [1.29, 1.82) is 0 Å². The lowest BCUT2D eigenvalue weighted by Crippen LogP contribution is -2.87. The zero-order valence-corrected chi connectivity index (χ0v) is 13.8. The molecule has 2 aromatic carbocycles. The van der Waals surface area contributed by atoms with Crippen molar-refractivity contribution in [3.05, 3.63) is 70.5 Å². The number of rotatable bonds is 7. The van der Waals surface area contributed by atoms with Crippen LogP contribution in [-0.2, 0) is 11.2 Å². The van der Waals surface area contributed by atoms with Crippen molar-refractivity contribution in [3.63, 3.8) is 0 Å². The normalized spacial score (nSPS) is 12.0. The maximum absolute atomic E-state index is 13.5. The van der Waals surface area contributed by atoms with Crippen LogP contribution in [0.2, 0.25) is 5.02 Å². The van der Waals surface area contributed by atoms with E-state index >= 15 is 0 Å². The lowest BCUT2D eigenvalue weighted by atomic mass is 10.1. The van der Waals surface area contributed by atoms with Crippen LogP contribution in [0.15, 0.2) is 48.5 Å². The van der Waals surface area contributed by atoms with Gasteiger partial charge < -0.3 is 10.6 Å². The predicted octanol–water partition coefficient (Wildman–Crippen LogP) is 2.46. The summed E-state index contributed by atoms with van der Waals surface area (Å²) < 4.78 is 13.5. The highest BCUT2D eigenvalue weighted by atomic mass is 35.5. The number of hydrogen-bond acceptors (Lipinski definition) is 1. The largest absolute Gasteiger partial charge is 0.351 e. The second-order valence-electron chi connectivity index (χ2n) is 5.47. The van der Waals surface area contributed by atoms with Gasteiger partial charge in [0.2, 0.25) is 0 Å². The summed E-state index contributed by atoms with van der Waals surface area (Å²) in [4.78, 5) is 11.9. The van der Waals surface area contributed by atoms with E-state index in [2.05, 4.69) is 5.32 Å². The Kier molecular flexibility index (Phi) is 6.56. The number of carbonyl (C=O) groups excluding carboxylic acids is 1. The van der Waals surface area contributed by atoms with Gasteiger partial charge in [-0.15, -0.1) is 0 Å². The zero-order chi connectivity index (χ0) is 16.7. The molecule has 0 saturated carbocycles. The molecule has 0 bridgehead atoms. The molecule has 0 aromatic heterocycles. The van der Waals surface area contributed by atoms with E-state index in [4.69, 9.17) is 11.6 Å². The van der Waals surface area contributed by atoms with Crippen LogP contribution in [0.25, 0.3) is 0 Å². The summed E-state index contributed by atoms with van der Waals surface area (Å²) in [5, 5.41) is 5.45. The Labute approximate surface area is 140 Å². The molecule has 0 fully saturated rings. The van der Waals surface area contributed by atoms with E-state index in [0.29, 0.717) is 30.1 Å². The van der Waals surface area contributed by atoms with E-state index in [-0.39, 0.29) is 17.8 Å². The minimum Gasteiger partial charge on any atom is -0.351 e. The summed E-state index contributed by atoms with van der Waals surface area (Å²) in [6, 6.07) is 14.4. The first-order chi connectivity index (χ1) is 11.1. The summed E-state index contributed by atoms with van der Waals surface area (Å²) in [5.74, 6) is -0.293. The topological polar surface area (TPSA) is 45.7 Å². The SMILES string of the molecule is C[C@H]([NH2+]CC(=O)NCCc1ccccc1F)c1cccc(Cl)c1. The second-order valence-corrected chi connectivity index (χ2v) is 5.91. The Bertz CT molecular complexity index is 663. The molecule has 0 heterocycles. The average molecular weight is 336 g/mol. The third-order valence-corrected chi connectivity index (χ3v) is 3.94. The highest BCUT2D eigenvalue weighted by Gasteiger charge is 2.11. The smallest absolute Gasteiger partial charge is 0.275 e. The molecule has 2 aromatic rings. The van der Waals surface area contributed by atoms with Gasteiger partial charge in [0.05, 0.1) is 0 Å². The van der Waals surface area contributed by atoms with Crippen LogP contribution in [-0.4, -0.2) is 19.0 Å². The molecule has 2 rings (SSSR count). The van der Waals surface area contributed by atoms with Crippen molar-refractivity contribution in [1.82, 2.24) is 5.32 Å². The van der Waals surface area contributed by atoms with Gasteiger partial charge in [-0.25, -0.2) is 4.39 Å². The number of amides is 1. The van der Waals surface area contributed by atoms with Crippen LogP contribution in [0.1, 0.15) is 24.1 Å². The highest BCUT2D eigenvalue weighted by Crippen LogP contribution is 2.14. The molecule has 1 amide bonds. The number of hydrogen-bond donors (Lipinski definition) is 2. The Morgan fingerprint density at radius 1 is 1.26 bits per heavy atom. The van der Waals surface area contributed by atoms with Gasteiger partial charge in [-0.3, -0.25) is 4.79 Å². The van der Waals surface area contributed by atoms with Crippen LogP contribution < -0.4 is 10.6 Å². The van der Waals surface area contributed by atoms with Gasteiger partial charge in [0.15, 0.2) is 6.54 Å². The first-order valence-electron chi connectivity index (χ1n) is 7.65. The monoisotopic (exact) mass is 335 g/mol. The number of halogens is 2. The summed E-state index contributed by atoms with van der Waals surface area (Å²) in [6.07, 6.45) is 0.488. The van der Waals surface area contributed by atoms with Crippen LogP contribution in [0.3, 0.4) is 0 Å². The maximum Gasteiger partial charge on any atom is 0.275 e. The lowest BCUT2D eigenvalue weighted by Gasteiger charge is -2.11. The van der Waals surface area contributed by atoms with Gasteiger partial charge >= 0.3 is 0 Å². The molecule has 0 saturated heterocycles. The molecule has 1 atom stereocenters. The number of carbonyl (C=O) groups is 1. The fourth-order valence-electron chi connectivity index (χ4n) is 2.32. The van der Waals surface area contributed by atoms with Crippen LogP contribution >= 0.6 is 11.6 Å². The molecule has 122 valence electrons. The van der Waals surface area contributed by atoms with Crippen molar-refractivity contribution in [2.45, 2.75) is 19.4 Å². The third kappa shape index (κ3) is 5.66. The molecule has 3 N–H and O–H groups in total. The van der Waals surface area contributed by atoms with Gasteiger partial charge in [0, 0.05) is 17.1 Å². The molecule has 23 heavy (non-hydrogen) atoms. The Morgan fingerprint density at radius 3 is 2.78 bits per heavy atom. The van der Waals surface area contributed by atoms with E-state index < -0.39 is 0 Å². The van der Waals surface area contributed by atoms with Crippen LogP contribution in [0, 0.1) is 5.82 Å². The minimum atomic E-state index is -0.233. The number of nitrogens with one attached hydrogen (secondary N) is 1. The first-order valence-corrected chi connectivity index (χ1v) is 8.03. The Balaban J connectivity index is 1.72. The quantitative estimate of drug-likeness (QED) is 0.802. The van der Waals surface area contributed by atoms with Crippen molar-refractivity contribution >= 4 is 17.5 Å². The van der Waals surface area contributed by atoms with E-state index in [1.165, 1.54) is 6.07 Å². The first kappa shape index (κ1) is 17.4. The molecule has 0 aliphatic heterocycles. The Hall–Kier alpha value is -1.91. The van der Waals surface area contributed by atoms with E-state index in [1.807, 2.05) is 36.5 Å². The highest BCUT2D eigenvalue weighted by molar-refractivity contribution is 6.30. The summed E-state index contributed by atoms with van der Waals surface area (Å²) in [5.41, 5.74) is 1.70. The van der Waals surface area contributed by atoms with Gasteiger partial charge in [0.25, 0.3) is 5.91 Å². The lowest BCUT2D eigenvalue weighted by molar-refractivity contribution is -0.682. The van der Waals surface area contributed by atoms with Gasteiger partial charge in [-0.1, -0.05) is 41.9 Å². The van der Waals surface area contributed by atoms with Crippen LogP contribution in [0.4, 0.5) is 4.39 Å². The fraction of sp³-hybridized carbons (Fsp3) is 0.278. The van der Waals surface area contributed by atoms with E-state index in [0.717, 1.165) is 5.56 Å². The van der Waals surface area contributed by atoms with Crippen molar-refractivity contribution in [2.24, 2.45) is 0 Å². The van der Waals surface area contributed by atoms with Crippen molar-refractivity contribution in [2.75, 3.05) is 13.1 Å². The number of quaternary nitrogens is 1. The minimum absolute atomic E-state index is 0.0600. The molecule has 0 aliphatic carbocycles. The molecular weight excluding hydrogens is 315 g/mol. The average Bonchev–Trinajstić information content (AvgIpc) is 2.54. The summed E-state index contributed by atoms with van der Waals surface area (Å²) in [6.45, 7) is 2.78. The summed E-state index contributed by atoms with van der Waals surface area (Å²) in [7, 11) is 0. The Morgan fingerprint density at radius 2 is 2.04 bits per heavy atom. The van der Waals surface area contributed by atoms with Crippen molar-refractivity contribution in [3.8, 4) is 0 Å². The number of nitrogens with two attached hydrogens (primary N) is 1. The van der Waals surface area contributed by atoms with Gasteiger partial charge in [-0.2, -0.15) is 0 Å². The molecule has 0 spiro atoms. The van der Waals surface area contributed by atoms with Gasteiger partial charge in [-0.05, 0) is 37.1 Å². The zero-order valence-electron chi connectivity index (χ0n) is 13.1. The standard InChI is InChI=1S/C18H20ClFN2O/c1-13(15-6-4-7-16(19)11-15)22-12-18(23)21-10-9-14-5-2-3-8-17(14)20/h2-8,11,13,22H,9-10,12H2,1H3,(H,21,23)/p+1/t13-/m0/s1. The molecule has 0 radical (unpaired) electrons. The van der Waals surface area contributed by atoms with E-state index in [9.17, 15) is 9.18 Å². The predicted molar refractivity (Wildman–Crippen MR) is 89.8 cm³/mol. The molecular formula is C18H21ClFN2O+. The molecule has 5 heteroatoms. The van der Waals surface area contributed by atoms with E-state index in [1.54, 1.807) is 18.2 Å². The number of benzene rings is 2. The molecule has 0 unspecified atom stereocenters. The second kappa shape index (κ2) is 8.65. The maximum atomic E-state index is 13.5. The summed E-state index contributed by atoms with van der Waals surface area (Å²) >= 11 is 5.97.